The quantitative estimate of drug-likeness (QED) is 0.593. The average molecular weight is 377 g/mol. The van der Waals surface area contributed by atoms with Crippen molar-refractivity contribution in [1.29, 1.82) is 0 Å². The summed E-state index contributed by atoms with van der Waals surface area (Å²) in [7, 11) is 3.12. The van der Waals surface area contributed by atoms with Gasteiger partial charge in [-0.2, -0.15) is 5.10 Å². The molecule has 2 rings (SSSR count). The second-order valence-corrected chi connectivity index (χ2v) is 5.95. The summed E-state index contributed by atoms with van der Waals surface area (Å²) < 4.78 is 15.9. The Hall–Kier alpha value is -2.73. The van der Waals surface area contributed by atoms with Crippen LogP contribution in [0.1, 0.15) is 16.7 Å². The van der Waals surface area contributed by atoms with Crippen LogP contribution in [0.4, 0.5) is 0 Å². The van der Waals surface area contributed by atoms with Crippen LogP contribution in [-0.2, 0) is 4.79 Å². The van der Waals surface area contributed by atoms with Gasteiger partial charge in [0.05, 0.1) is 20.4 Å². The van der Waals surface area contributed by atoms with Crippen LogP contribution in [0, 0.1) is 13.8 Å². The van der Waals surface area contributed by atoms with E-state index in [-0.39, 0.29) is 12.5 Å². The lowest BCUT2D eigenvalue weighted by molar-refractivity contribution is -0.123. The number of methoxy groups -OCH3 is 2. The standard InChI is InChI=1S/C19H21ClN2O4/c1-12-7-15(8-13(2)19(12)20)26-11-18(23)22-21-10-14-5-6-16(24-3)17(9-14)25-4/h5-10H,11H2,1-4H3,(H,22,23). The van der Waals surface area contributed by atoms with Gasteiger partial charge in [0.1, 0.15) is 5.75 Å². The Bertz CT molecular complexity index is 798. The molecule has 0 aliphatic carbocycles. The van der Waals surface area contributed by atoms with Crippen molar-refractivity contribution in [2.75, 3.05) is 20.8 Å². The summed E-state index contributed by atoms with van der Waals surface area (Å²) in [6.07, 6.45) is 1.51. The van der Waals surface area contributed by atoms with E-state index in [4.69, 9.17) is 25.8 Å². The van der Waals surface area contributed by atoms with Gasteiger partial charge in [0.2, 0.25) is 0 Å². The second kappa shape index (κ2) is 9.10. The molecule has 0 aliphatic rings. The maximum absolute atomic E-state index is 11.8. The minimum Gasteiger partial charge on any atom is -0.493 e. The highest BCUT2D eigenvalue weighted by molar-refractivity contribution is 6.32. The zero-order valence-electron chi connectivity index (χ0n) is 15.1. The molecule has 0 spiro atoms. The predicted octanol–water partition coefficient (Wildman–Crippen LogP) is 3.50. The van der Waals surface area contributed by atoms with E-state index in [2.05, 4.69) is 10.5 Å². The fraction of sp³-hybridized carbons (Fsp3) is 0.263. The number of aryl methyl sites for hydroxylation is 2. The van der Waals surface area contributed by atoms with E-state index < -0.39 is 0 Å². The number of hydrazone groups is 1. The number of benzene rings is 2. The summed E-state index contributed by atoms with van der Waals surface area (Å²) >= 11 is 6.11. The maximum atomic E-state index is 11.8. The number of halogens is 1. The molecule has 7 heteroatoms. The van der Waals surface area contributed by atoms with Crippen LogP contribution < -0.4 is 19.6 Å². The Morgan fingerprint density at radius 1 is 1.12 bits per heavy atom. The summed E-state index contributed by atoms with van der Waals surface area (Å²) in [4.78, 5) is 11.8. The summed E-state index contributed by atoms with van der Waals surface area (Å²) in [5, 5.41) is 4.61. The third-order valence-electron chi connectivity index (χ3n) is 3.59. The van der Waals surface area contributed by atoms with Crippen LogP contribution in [0.2, 0.25) is 5.02 Å². The zero-order valence-corrected chi connectivity index (χ0v) is 15.9. The van der Waals surface area contributed by atoms with E-state index in [0.29, 0.717) is 22.3 Å². The fourth-order valence-electron chi connectivity index (χ4n) is 2.28. The van der Waals surface area contributed by atoms with E-state index in [9.17, 15) is 4.79 Å². The van der Waals surface area contributed by atoms with Crippen molar-refractivity contribution in [1.82, 2.24) is 5.43 Å². The number of carbonyl (C=O) groups is 1. The van der Waals surface area contributed by atoms with Gasteiger partial charge < -0.3 is 14.2 Å². The first-order valence-corrected chi connectivity index (χ1v) is 8.26. The van der Waals surface area contributed by atoms with Crippen molar-refractivity contribution in [3.8, 4) is 17.2 Å². The first-order valence-electron chi connectivity index (χ1n) is 7.88. The molecule has 1 N–H and O–H groups in total. The monoisotopic (exact) mass is 376 g/mol. The molecule has 6 nitrogen and oxygen atoms in total. The Labute approximate surface area is 157 Å². The summed E-state index contributed by atoms with van der Waals surface area (Å²) in [6.45, 7) is 3.62. The Morgan fingerprint density at radius 2 is 1.77 bits per heavy atom. The van der Waals surface area contributed by atoms with Gasteiger partial charge in [-0.05, 0) is 60.9 Å². The van der Waals surface area contributed by atoms with E-state index >= 15 is 0 Å². The minimum atomic E-state index is -0.369. The minimum absolute atomic E-state index is 0.149. The zero-order chi connectivity index (χ0) is 19.1. The maximum Gasteiger partial charge on any atom is 0.277 e. The molecule has 0 bridgehead atoms. The number of rotatable bonds is 7. The molecule has 1 amide bonds. The van der Waals surface area contributed by atoms with E-state index in [1.54, 1.807) is 44.6 Å². The molecule has 0 saturated heterocycles. The molecular weight excluding hydrogens is 356 g/mol. The summed E-state index contributed by atoms with van der Waals surface area (Å²) in [6, 6.07) is 8.89. The van der Waals surface area contributed by atoms with Crippen LogP contribution in [0.5, 0.6) is 17.2 Å². The highest BCUT2D eigenvalue weighted by Gasteiger charge is 2.06. The lowest BCUT2D eigenvalue weighted by Crippen LogP contribution is -2.24. The molecule has 0 unspecified atom stereocenters. The smallest absolute Gasteiger partial charge is 0.277 e. The molecule has 26 heavy (non-hydrogen) atoms. The topological polar surface area (TPSA) is 69.2 Å². The normalized spacial score (nSPS) is 10.7. The molecule has 0 aromatic heterocycles. The molecule has 0 saturated carbocycles. The number of carbonyl (C=O) groups excluding carboxylic acids is 1. The number of ether oxygens (including phenoxy) is 3. The lowest BCUT2D eigenvalue weighted by Gasteiger charge is -2.09. The number of hydrogen-bond donors (Lipinski definition) is 1. The fourth-order valence-corrected chi connectivity index (χ4v) is 2.39. The van der Waals surface area contributed by atoms with Gasteiger partial charge in [0, 0.05) is 5.02 Å². The largest absolute Gasteiger partial charge is 0.493 e. The van der Waals surface area contributed by atoms with Gasteiger partial charge in [-0.3, -0.25) is 4.79 Å². The first-order chi connectivity index (χ1) is 12.4. The third-order valence-corrected chi connectivity index (χ3v) is 4.19. The first kappa shape index (κ1) is 19.6. The molecular formula is C19H21ClN2O4. The second-order valence-electron chi connectivity index (χ2n) is 5.57. The van der Waals surface area contributed by atoms with Crippen molar-refractivity contribution in [2.45, 2.75) is 13.8 Å². The molecule has 0 heterocycles. The molecule has 0 atom stereocenters. The van der Waals surface area contributed by atoms with Crippen molar-refractivity contribution < 1.29 is 19.0 Å². The highest BCUT2D eigenvalue weighted by atomic mass is 35.5. The van der Waals surface area contributed by atoms with Gasteiger partial charge >= 0.3 is 0 Å². The van der Waals surface area contributed by atoms with Crippen molar-refractivity contribution in [2.24, 2.45) is 5.10 Å². The SMILES string of the molecule is COc1ccc(C=NNC(=O)COc2cc(C)c(Cl)c(C)c2)cc1OC. The van der Waals surface area contributed by atoms with Gasteiger partial charge in [-0.15, -0.1) is 0 Å². The van der Waals surface area contributed by atoms with Crippen molar-refractivity contribution >= 4 is 23.7 Å². The number of hydrogen-bond acceptors (Lipinski definition) is 5. The number of amides is 1. The number of nitrogens with zero attached hydrogens (tertiary/aromatic N) is 1. The number of nitrogens with one attached hydrogen (secondary N) is 1. The lowest BCUT2D eigenvalue weighted by atomic mass is 10.1. The molecule has 138 valence electrons. The van der Waals surface area contributed by atoms with Gasteiger partial charge in [0.15, 0.2) is 18.1 Å². The Kier molecular flexibility index (Phi) is 6.86. The van der Waals surface area contributed by atoms with Gasteiger partial charge in [0.25, 0.3) is 5.91 Å². The van der Waals surface area contributed by atoms with Crippen LogP contribution >= 0.6 is 11.6 Å². The predicted molar refractivity (Wildman–Crippen MR) is 102 cm³/mol. The van der Waals surface area contributed by atoms with Gasteiger partial charge in [-0.1, -0.05) is 11.6 Å². The molecule has 2 aromatic rings. The molecule has 2 aromatic carbocycles. The van der Waals surface area contributed by atoms with E-state index in [1.807, 2.05) is 13.8 Å². The average Bonchev–Trinajstić information content (AvgIpc) is 2.64. The highest BCUT2D eigenvalue weighted by Crippen LogP contribution is 2.27. The molecule has 0 fully saturated rings. The summed E-state index contributed by atoms with van der Waals surface area (Å²) in [5.74, 6) is 1.42. The molecule has 0 aliphatic heterocycles. The Morgan fingerprint density at radius 3 is 2.38 bits per heavy atom. The van der Waals surface area contributed by atoms with Crippen LogP contribution in [0.15, 0.2) is 35.4 Å². The van der Waals surface area contributed by atoms with Crippen LogP contribution in [0.25, 0.3) is 0 Å². The van der Waals surface area contributed by atoms with Gasteiger partial charge in [-0.25, -0.2) is 5.43 Å². The van der Waals surface area contributed by atoms with Crippen molar-refractivity contribution in [3.05, 3.63) is 52.0 Å². The van der Waals surface area contributed by atoms with Crippen LogP contribution in [-0.4, -0.2) is 32.9 Å². The van der Waals surface area contributed by atoms with Crippen LogP contribution in [0.3, 0.4) is 0 Å². The van der Waals surface area contributed by atoms with E-state index in [0.717, 1.165) is 16.7 Å². The molecule has 0 radical (unpaired) electrons. The van der Waals surface area contributed by atoms with E-state index in [1.165, 1.54) is 6.21 Å². The van der Waals surface area contributed by atoms with Crippen molar-refractivity contribution in [3.63, 3.8) is 0 Å². The Balaban J connectivity index is 1.89. The third kappa shape index (κ3) is 5.13. The summed E-state index contributed by atoms with van der Waals surface area (Å²) in [5.41, 5.74) is 4.97.